The maximum absolute atomic E-state index is 5.42. The zero-order chi connectivity index (χ0) is 19.4. The van der Waals surface area contributed by atoms with Crippen LogP contribution in [-0.2, 0) is 13.6 Å². The second-order valence-electron chi connectivity index (χ2n) is 6.59. The fraction of sp³-hybridized carbons (Fsp3) is 0.474. The van der Waals surface area contributed by atoms with Crippen LogP contribution in [0.4, 0.5) is 0 Å². The van der Waals surface area contributed by atoms with E-state index in [1.54, 1.807) is 14.2 Å². The van der Waals surface area contributed by atoms with Gasteiger partial charge in [0.1, 0.15) is 0 Å². The van der Waals surface area contributed by atoms with Crippen molar-refractivity contribution >= 4 is 21.9 Å². The highest BCUT2D eigenvalue weighted by molar-refractivity contribution is 9.10. The molecular formula is C19H26BrN5O2. The van der Waals surface area contributed by atoms with Gasteiger partial charge in [0.05, 0.1) is 24.9 Å². The first-order chi connectivity index (χ1) is 13.0. The molecule has 1 fully saturated rings. The number of aliphatic imine (C=N–C) groups is 1. The van der Waals surface area contributed by atoms with E-state index in [4.69, 9.17) is 9.47 Å². The highest BCUT2D eigenvalue weighted by atomic mass is 79.9. The number of guanidine groups is 1. The molecule has 1 aromatic carbocycles. The molecule has 1 saturated heterocycles. The fourth-order valence-corrected chi connectivity index (χ4v) is 4.11. The van der Waals surface area contributed by atoms with Crippen molar-refractivity contribution in [3.63, 3.8) is 0 Å². The van der Waals surface area contributed by atoms with Crippen molar-refractivity contribution in [3.8, 4) is 11.5 Å². The Balaban J connectivity index is 1.64. The molecule has 0 radical (unpaired) electrons. The zero-order valence-corrected chi connectivity index (χ0v) is 17.8. The smallest absolute Gasteiger partial charge is 0.193 e. The molecule has 0 aliphatic carbocycles. The van der Waals surface area contributed by atoms with Crippen LogP contribution in [0.5, 0.6) is 11.5 Å². The van der Waals surface area contributed by atoms with Gasteiger partial charge in [0.2, 0.25) is 0 Å². The van der Waals surface area contributed by atoms with Crippen molar-refractivity contribution in [2.45, 2.75) is 18.9 Å². The van der Waals surface area contributed by atoms with Crippen molar-refractivity contribution < 1.29 is 9.47 Å². The Morgan fingerprint density at radius 3 is 2.81 bits per heavy atom. The first kappa shape index (κ1) is 19.5. The number of ether oxygens (including phenoxy) is 2. The Morgan fingerprint density at radius 2 is 2.19 bits per heavy atom. The van der Waals surface area contributed by atoms with Gasteiger partial charge < -0.3 is 19.7 Å². The Morgan fingerprint density at radius 1 is 1.37 bits per heavy atom. The zero-order valence-electron chi connectivity index (χ0n) is 16.2. The minimum absolute atomic E-state index is 0.493. The van der Waals surface area contributed by atoms with E-state index in [9.17, 15) is 0 Å². The molecule has 1 aliphatic heterocycles. The Kier molecular flexibility index (Phi) is 6.26. The van der Waals surface area contributed by atoms with Crippen molar-refractivity contribution in [2.75, 3.05) is 34.4 Å². The number of aryl methyl sites for hydroxylation is 1. The minimum Gasteiger partial charge on any atom is -0.493 e. The number of benzene rings is 1. The molecular weight excluding hydrogens is 410 g/mol. The largest absolute Gasteiger partial charge is 0.493 e. The van der Waals surface area contributed by atoms with E-state index in [0.717, 1.165) is 35.5 Å². The second kappa shape index (κ2) is 8.65. The van der Waals surface area contributed by atoms with E-state index in [1.165, 1.54) is 5.56 Å². The Bertz CT molecular complexity index is 820. The number of nitrogens with zero attached hydrogens (tertiary/aromatic N) is 4. The van der Waals surface area contributed by atoms with E-state index >= 15 is 0 Å². The predicted octanol–water partition coefficient (Wildman–Crippen LogP) is 2.76. The molecule has 146 valence electrons. The second-order valence-corrected chi connectivity index (χ2v) is 7.45. The summed E-state index contributed by atoms with van der Waals surface area (Å²) < 4.78 is 13.5. The van der Waals surface area contributed by atoms with Gasteiger partial charge in [-0.3, -0.25) is 9.67 Å². The van der Waals surface area contributed by atoms with E-state index in [-0.39, 0.29) is 0 Å². The van der Waals surface area contributed by atoms with E-state index < -0.39 is 0 Å². The molecule has 1 N–H and O–H groups in total. The first-order valence-electron chi connectivity index (χ1n) is 8.90. The molecule has 3 rings (SSSR count). The van der Waals surface area contributed by atoms with Gasteiger partial charge in [0.25, 0.3) is 0 Å². The number of likely N-dealkylation sites (tertiary alicyclic amines) is 1. The van der Waals surface area contributed by atoms with Crippen LogP contribution < -0.4 is 14.8 Å². The number of rotatable bonds is 5. The van der Waals surface area contributed by atoms with E-state index in [2.05, 4.69) is 42.4 Å². The quantitative estimate of drug-likeness (QED) is 0.577. The van der Waals surface area contributed by atoms with Gasteiger partial charge in [0.15, 0.2) is 17.5 Å². The summed E-state index contributed by atoms with van der Waals surface area (Å²) in [4.78, 5) is 6.76. The molecule has 1 atom stereocenters. The number of aromatic nitrogens is 2. The highest BCUT2D eigenvalue weighted by Gasteiger charge is 2.26. The molecule has 27 heavy (non-hydrogen) atoms. The average molecular weight is 436 g/mol. The van der Waals surface area contributed by atoms with Crippen LogP contribution in [0.1, 0.15) is 23.5 Å². The normalized spacial score (nSPS) is 17.3. The number of halogens is 1. The summed E-state index contributed by atoms with van der Waals surface area (Å²) in [6.45, 7) is 2.58. The van der Waals surface area contributed by atoms with Gasteiger partial charge in [-0.15, -0.1) is 0 Å². The summed E-state index contributed by atoms with van der Waals surface area (Å²) in [5, 5.41) is 7.75. The molecule has 0 saturated carbocycles. The van der Waals surface area contributed by atoms with Gasteiger partial charge in [-0.1, -0.05) is 0 Å². The summed E-state index contributed by atoms with van der Waals surface area (Å²) in [6, 6.07) is 4.01. The van der Waals surface area contributed by atoms with Crippen molar-refractivity contribution in [3.05, 3.63) is 40.1 Å². The lowest BCUT2D eigenvalue weighted by Crippen LogP contribution is -2.39. The van der Waals surface area contributed by atoms with Gasteiger partial charge in [-0.25, -0.2) is 0 Å². The molecule has 0 spiro atoms. The number of hydrogen-bond acceptors (Lipinski definition) is 4. The molecule has 0 amide bonds. The molecule has 0 bridgehead atoms. The third-order valence-corrected chi connectivity index (χ3v) is 5.43. The lowest BCUT2D eigenvalue weighted by molar-refractivity contribution is 0.352. The van der Waals surface area contributed by atoms with Gasteiger partial charge in [0, 0.05) is 45.8 Å². The van der Waals surface area contributed by atoms with Crippen LogP contribution in [0.3, 0.4) is 0 Å². The van der Waals surface area contributed by atoms with Crippen LogP contribution in [0.2, 0.25) is 0 Å². The molecule has 2 heterocycles. The van der Waals surface area contributed by atoms with Crippen LogP contribution in [-0.4, -0.2) is 55.0 Å². The van der Waals surface area contributed by atoms with E-state index in [0.29, 0.717) is 24.0 Å². The summed E-state index contributed by atoms with van der Waals surface area (Å²) >= 11 is 3.54. The Labute approximate surface area is 168 Å². The van der Waals surface area contributed by atoms with Crippen LogP contribution in [0.15, 0.2) is 34.0 Å². The number of nitrogens with one attached hydrogen (secondary N) is 1. The molecule has 1 unspecified atom stereocenters. The average Bonchev–Trinajstić information content (AvgIpc) is 3.31. The summed E-state index contributed by atoms with van der Waals surface area (Å²) in [5.74, 6) is 2.81. The van der Waals surface area contributed by atoms with Crippen molar-refractivity contribution in [1.29, 1.82) is 0 Å². The van der Waals surface area contributed by atoms with Crippen LogP contribution in [0.25, 0.3) is 0 Å². The van der Waals surface area contributed by atoms with Gasteiger partial charge >= 0.3 is 0 Å². The summed E-state index contributed by atoms with van der Waals surface area (Å²) in [6.07, 6.45) is 5.17. The third kappa shape index (κ3) is 4.37. The topological polar surface area (TPSA) is 63.9 Å². The highest BCUT2D eigenvalue weighted by Crippen LogP contribution is 2.36. The number of methoxy groups -OCH3 is 2. The van der Waals surface area contributed by atoms with Crippen molar-refractivity contribution in [2.24, 2.45) is 12.0 Å². The minimum atomic E-state index is 0.493. The fourth-order valence-electron chi connectivity index (χ4n) is 3.46. The summed E-state index contributed by atoms with van der Waals surface area (Å²) in [7, 11) is 7.06. The maximum Gasteiger partial charge on any atom is 0.193 e. The monoisotopic (exact) mass is 435 g/mol. The predicted molar refractivity (Wildman–Crippen MR) is 110 cm³/mol. The van der Waals surface area contributed by atoms with Gasteiger partial charge in [-0.2, -0.15) is 5.10 Å². The Hall–Kier alpha value is -2.22. The SMILES string of the molecule is CN=C(NCc1cc(Br)c(OC)c(OC)c1)N1CCC(c2cnn(C)c2)C1. The molecule has 1 aromatic heterocycles. The lowest BCUT2D eigenvalue weighted by atomic mass is 10.0. The molecule has 7 nitrogen and oxygen atoms in total. The van der Waals surface area contributed by atoms with Crippen LogP contribution >= 0.6 is 15.9 Å². The summed E-state index contributed by atoms with van der Waals surface area (Å²) in [5.41, 5.74) is 2.38. The van der Waals surface area contributed by atoms with Crippen molar-refractivity contribution in [1.82, 2.24) is 20.0 Å². The molecule has 1 aliphatic rings. The van der Waals surface area contributed by atoms with Gasteiger partial charge in [-0.05, 0) is 45.6 Å². The van der Waals surface area contributed by atoms with Crippen LogP contribution in [0, 0.1) is 0 Å². The molecule has 2 aromatic rings. The first-order valence-corrected chi connectivity index (χ1v) is 9.69. The van der Waals surface area contributed by atoms with E-state index in [1.807, 2.05) is 37.1 Å². The number of hydrogen-bond donors (Lipinski definition) is 1. The standard InChI is InChI=1S/C19H26BrN5O2/c1-21-19(25-6-5-14(12-25)15-10-23-24(2)11-15)22-9-13-7-16(20)18(27-4)17(8-13)26-3/h7-8,10-11,14H,5-6,9,12H2,1-4H3,(H,21,22). The third-order valence-electron chi connectivity index (χ3n) is 4.84. The lowest BCUT2D eigenvalue weighted by Gasteiger charge is -2.22. The maximum atomic E-state index is 5.42. The molecule has 8 heteroatoms.